The normalized spacial score (nSPS) is 28.3. The smallest absolute Gasteiger partial charge is 0.326 e. The monoisotopic (exact) mass is 254 g/mol. The van der Waals surface area contributed by atoms with Crippen LogP contribution in [0.3, 0.4) is 0 Å². The van der Waals surface area contributed by atoms with Gasteiger partial charge in [-0.1, -0.05) is 0 Å². The van der Waals surface area contributed by atoms with Gasteiger partial charge >= 0.3 is 5.97 Å². The summed E-state index contributed by atoms with van der Waals surface area (Å²) in [5.41, 5.74) is 0. The standard InChI is InChI=1S/C13H22N2O3/c16-12(6-5-10-3-1-7-14-9-10)15-8-2-4-11(15)13(17)18/h10-11,14H,1-9H2,(H,17,18)/t10?,11-/m1/s1. The van der Waals surface area contributed by atoms with Gasteiger partial charge in [-0.25, -0.2) is 4.79 Å². The molecular weight excluding hydrogens is 232 g/mol. The molecule has 1 unspecified atom stereocenters. The van der Waals surface area contributed by atoms with E-state index >= 15 is 0 Å². The summed E-state index contributed by atoms with van der Waals surface area (Å²) in [5.74, 6) is -0.265. The Hall–Kier alpha value is -1.10. The Balaban J connectivity index is 1.78. The highest BCUT2D eigenvalue weighted by Crippen LogP contribution is 2.21. The molecule has 5 nitrogen and oxygen atoms in total. The van der Waals surface area contributed by atoms with E-state index in [1.165, 1.54) is 12.8 Å². The quantitative estimate of drug-likeness (QED) is 0.780. The Labute approximate surface area is 108 Å². The number of hydrogen-bond donors (Lipinski definition) is 2. The van der Waals surface area contributed by atoms with Gasteiger partial charge in [-0.2, -0.15) is 0 Å². The van der Waals surface area contributed by atoms with Gasteiger partial charge in [-0.15, -0.1) is 0 Å². The molecular formula is C13H22N2O3. The maximum Gasteiger partial charge on any atom is 0.326 e. The van der Waals surface area contributed by atoms with Crippen LogP contribution >= 0.6 is 0 Å². The number of piperidine rings is 1. The Morgan fingerprint density at radius 3 is 2.78 bits per heavy atom. The molecule has 0 saturated carbocycles. The molecule has 1 amide bonds. The van der Waals surface area contributed by atoms with Crippen LogP contribution in [-0.4, -0.2) is 47.6 Å². The van der Waals surface area contributed by atoms with E-state index in [4.69, 9.17) is 5.11 Å². The fourth-order valence-electron chi connectivity index (χ4n) is 2.96. The van der Waals surface area contributed by atoms with E-state index < -0.39 is 12.0 Å². The lowest BCUT2D eigenvalue weighted by molar-refractivity contribution is -0.148. The van der Waals surface area contributed by atoms with Crippen molar-refractivity contribution in [2.45, 2.75) is 44.6 Å². The molecule has 2 saturated heterocycles. The van der Waals surface area contributed by atoms with Crippen molar-refractivity contribution in [1.29, 1.82) is 0 Å². The molecule has 2 aliphatic rings. The second kappa shape index (κ2) is 6.18. The molecule has 0 aromatic heterocycles. The molecule has 102 valence electrons. The highest BCUT2D eigenvalue weighted by Gasteiger charge is 2.33. The first-order valence-corrected chi connectivity index (χ1v) is 6.91. The molecule has 0 radical (unpaired) electrons. The number of amides is 1. The van der Waals surface area contributed by atoms with Gasteiger partial charge in [0.25, 0.3) is 0 Å². The van der Waals surface area contributed by atoms with Crippen molar-refractivity contribution < 1.29 is 14.7 Å². The first-order chi connectivity index (χ1) is 8.68. The molecule has 0 aromatic carbocycles. The van der Waals surface area contributed by atoms with Crippen LogP contribution in [0.25, 0.3) is 0 Å². The minimum atomic E-state index is -0.861. The van der Waals surface area contributed by atoms with Gasteiger partial charge in [0.2, 0.25) is 5.91 Å². The molecule has 5 heteroatoms. The van der Waals surface area contributed by atoms with E-state index in [2.05, 4.69) is 5.32 Å². The number of carbonyl (C=O) groups is 2. The van der Waals surface area contributed by atoms with Gasteiger partial charge in [0.05, 0.1) is 0 Å². The number of aliphatic carboxylic acids is 1. The molecule has 2 rings (SSSR count). The molecule has 0 spiro atoms. The number of nitrogens with one attached hydrogen (secondary N) is 1. The van der Waals surface area contributed by atoms with Crippen LogP contribution < -0.4 is 5.32 Å². The van der Waals surface area contributed by atoms with Gasteiger partial charge < -0.3 is 15.3 Å². The van der Waals surface area contributed by atoms with Crippen LogP contribution in [0.2, 0.25) is 0 Å². The second-order valence-corrected chi connectivity index (χ2v) is 5.33. The first-order valence-electron chi connectivity index (χ1n) is 6.91. The zero-order valence-corrected chi connectivity index (χ0v) is 10.7. The lowest BCUT2D eigenvalue weighted by atomic mass is 9.94. The van der Waals surface area contributed by atoms with Crippen molar-refractivity contribution in [1.82, 2.24) is 10.2 Å². The van der Waals surface area contributed by atoms with Gasteiger partial charge in [-0.05, 0) is 51.1 Å². The van der Waals surface area contributed by atoms with E-state index in [9.17, 15) is 9.59 Å². The third-order valence-corrected chi connectivity index (χ3v) is 4.02. The lowest BCUT2D eigenvalue weighted by Crippen LogP contribution is -2.40. The average molecular weight is 254 g/mol. The Bertz CT molecular complexity index is 313. The van der Waals surface area contributed by atoms with E-state index in [0.717, 1.165) is 25.9 Å². The topological polar surface area (TPSA) is 69.6 Å². The van der Waals surface area contributed by atoms with Crippen molar-refractivity contribution in [3.63, 3.8) is 0 Å². The number of hydrogen-bond acceptors (Lipinski definition) is 3. The molecule has 0 aliphatic carbocycles. The average Bonchev–Trinajstić information content (AvgIpc) is 2.86. The SMILES string of the molecule is O=C(O)[C@H]1CCCN1C(=O)CCC1CCCNC1. The number of rotatable bonds is 4. The number of carbonyl (C=O) groups excluding carboxylic acids is 1. The summed E-state index contributed by atoms with van der Waals surface area (Å²) in [6.45, 7) is 2.69. The second-order valence-electron chi connectivity index (χ2n) is 5.33. The van der Waals surface area contributed by atoms with Crippen molar-refractivity contribution in [3.8, 4) is 0 Å². The highest BCUT2D eigenvalue weighted by atomic mass is 16.4. The van der Waals surface area contributed by atoms with Crippen LogP contribution in [-0.2, 0) is 9.59 Å². The third-order valence-electron chi connectivity index (χ3n) is 4.02. The molecule has 2 atom stereocenters. The fourth-order valence-corrected chi connectivity index (χ4v) is 2.96. The summed E-state index contributed by atoms with van der Waals surface area (Å²) in [4.78, 5) is 24.6. The molecule has 18 heavy (non-hydrogen) atoms. The summed E-state index contributed by atoms with van der Waals surface area (Å²) in [7, 11) is 0. The number of carboxylic acids is 1. The van der Waals surface area contributed by atoms with Crippen LogP contribution in [0, 0.1) is 5.92 Å². The summed E-state index contributed by atoms with van der Waals surface area (Å²) in [6, 6.07) is -0.581. The summed E-state index contributed by atoms with van der Waals surface area (Å²) in [6.07, 6.45) is 5.16. The van der Waals surface area contributed by atoms with Crippen molar-refractivity contribution in [3.05, 3.63) is 0 Å². The number of likely N-dealkylation sites (tertiary alicyclic amines) is 1. The van der Waals surface area contributed by atoms with Gasteiger partial charge in [-0.3, -0.25) is 4.79 Å². The Kier molecular flexibility index (Phi) is 4.58. The zero-order valence-electron chi connectivity index (χ0n) is 10.7. The first kappa shape index (κ1) is 13.3. The predicted molar refractivity (Wildman–Crippen MR) is 67.2 cm³/mol. The largest absolute Gasteiger partial charge is 0.480 e. The molecule has 0 aromatic rings. The summed E-state index contributed by atoms with van der Waals surface area (Å²) in [5, 5.41) is 12.4. The van der Waals surface area contributed by atoms with Crippen LogP contribution in [0.5, 0.6) is 0 Å². The van der Waals surface area contributed by atoms with Gasteiger partial charge in [0.1, 0.15) is 6.04 Å². The van der Waals surface area contributed by atoms with Crippen LogP contribution in [0.1, 0.15) is 38.5 Å². The van der Waals surface area contributed by atoms with Gasteiger partial charge in [0, 0.05) is 13.0 Å². The minimum absolute atomic E-state index is 0.0190. The third kappa shape index (κ3) is 3.22. The molecule has 2 fully saturated rings. The highest BCUT2D eigenvalue weighted by molar-refractivity contribution is 5.84. The van der Waals surface area contributed by atoms with E-state index in [-0.39, 0.29) is 5.91 Å². The molecule has 2 aliphatic heterocycles. The van der Waals surface area contributed by atoms with Crippen molar-refractivity contribution in [2.75, 3.05) is 19.6 Å². The van der Waals surface area contributed by atoms with E-state index in [0.29, 0.717) is 25.3 Å². The van der Waals surface area contributed by atoms with Crippen molar-refractivity contribution >= 4 is 11.9 Å². The summed E-state index contributed by atoms with van der Waals surface area (Å²) >= 11 is 0. The zero-order chi connectivity index (χ0) is 13.0. The fraction of sp³-hybridized carbons (Fsp3) is 0.846. The maximum absolute atomic E-state index is 12.0. The van der Waals surface area contributed by atoms with Crippen LogP contribution in [0.4, 0.5) is 0 Å². The maximum atomic E-state index is 12.0. The molecule has 0 bridgehead atoms. The van der Waals surface area contributed by atoms with Crippen LogP contribution in [0.15, 0.2) is 0 Å². The van der Waals surface area contributed by atoms with E-state index in [1.54, 1.807) is 4.90 Å². The Morgan fingerprint density at radius 1 is 1.28 bits per heavy atom. The molecule has 2 N–H and O–H groups in total. The lowest BCUT2D eigenvalue weighted by Gasteiger charge is -2.25. The summed E-state index contributed by atoms with van der Waals surface area (Å²) < 4.78 is 0. The van der Waals surface area contributed by atoms with Crippen molar-refractivity contribution in [2.24, 2.45) is 5.92 Å². The predicted octanol–water partition coefficient (Wildman–Crippen LogP) is 0.842. The number of carboxylic acid groups (broad SMARTS) is 1. The van der Waals surface area contributed by atoms with E-state index in [1.807, 2.05) is 0 Å². The Morgan fingerprint density at radius 2 is 2.11 bits per heavy atom. The molecule has 2 heterocycles. The van der Waals surface area contributed by atoms with Gasteiger partial charge in [0.15, 0.2) is 0 Å². The number of nitrogens with zero attached hydrogens (tertiary/aromatic N) is 1. The minimum Gasteiger partial charge on any atom is -0.480 e.